The second-order valence-corrected chi connectivity index (χ2v) is 7.25. The molecule has 1 amide bonds. The first-order valence-electron chi connectivity index (χ1n) is 9.41. The Bertz CT molecular complexity index is 718. The van der Waals surface area contributed by atoms with Crippen LogP contribution < -0.4 is 4.90 Å². The molecule has 1 aromatic heterocycles. The van der Waals surface area contributed by atoms with Crippen molar-refractivity contribution in [3.05, 3.63) is 17.8 Å². The quantitative estimate of drug-likeness (QED) is 0.895. The number of H-pyrrole nitrogens is 1. The Kier molecular flexibility index (Phi) is 5.50. The van der Waals surface area contributed by atoms with E-state index in [1.807, 2.05) is 17.2 Å². The number of rotatable bonds is 4. The summed E-state index contributed by atoms with van der Waals surface area (Å²) in [7, 11) is 2.07. The molecule has 0 bridgehead atoms. The van der Waals surface area contributed by atoms with Gasteiger partial charge in [-0.05, 0) is 24.8 Å². The highest BCUT2D eigenvalue weighted by atomic mass is 16.2. The van der Waals surface area contributed by atoms with E-state index in [1.165, 1.54) is 0 Å². The second-order valence-electron chi connectivity index (χ2n) is 7.25. The van der Waals surface area contributed by atoms with E-state index in [2.05, 4.69) is 41.7 Å². The van der Waals surface area contributed by atoms with Crippen molar-refractivity contribution in [3.63, 3.8) is 0 Å². The first-order chi connectivity index (χ1) is 12.6. The van der Waals surface area contributed by atoms with Crippen LogP contribution in [0, 0.1) is 17.2 Å². The molecule has 26 heavy (non-hydrogen) atoms. The molecule has 3 rings (SSSR count). The summed E-state index contributed by atoms with van der Waals surface area (Å²) in [5.41, 5.74) is 1.12. The van der Waals surface area contributed by atoms with Crippen molar-refractivity contribution in [1.29, 1.82) is 5.26 Å². The minimum absolute atomic E-state index is 0.0420. The molecule has 0 saturated carbocycles. The van der Waals surface area contributed by atoms with E-state index in [0.29, 0.717) is 19.1 Å². The number of nitriles is 1. The fourth-order valence-electron chi connectivity index (χ4n) is 3.98. The minimum Gasteiger partial charge on any atom is -0.354 e. The van der Waals surface area contributed by atoms with Crippen LogP contribution in [0.1, 0.15) is 38.7 Å². The number of hydrogen-bond donors (Lipinski definition) is 1. The lowest BCUT2D eigenvalue weighted by Gasteiger charge is -2.43. The molecule has 0 spiro atoms. The maximum absolute atomic E-state index is 12.2. The summed E-state index contributed by atoms with van der Waals surface area (Å²) in [6.07, 6.45) is 3.95. The summed E-state index contributed by atoms with van der Waals surface area (Å²) >= 11 is 0. The lowest BCUT2D eigenvalue weighted by atomic mass is 9.91. The number of aliphatic imine (C=N–C) groups is 1. The average Bonchev–Trinajstić information content (AvgIpc) is 3.12. The highest BCUT2D eigenvalue weighted by Gasteiger charge is 2.34. The van der Waals surface area contributed by atoms with Gasteiger partial charge in [0.05, 0.1) is 17.7 Å². The van der Waals surface area contributed by atoms with Crippen LogP contribution >= 0.6 is 0 Å². The largest absolute Gasteiger partial charge is 0.354 e. The van der Waals surface area contributed by atoms with Gasteiger partial charge in [0.25, 0.3) is 0 Å². The number of nitrogens with zero attached hydrogens (tertiary/aromatic N) is 5. The molecule has 2 atom stereocenters. The fraction of sp³-hybridized carbons (Fsp3) is 0.632. The summed E-state index contributed by atoms with van der Waals surface area (Å²) in [5.74, 6) is 2.51. The maximum atomic E-state index is 12.2. The summed E-state index contributed by atoms with van der Waals surface area (Å²) in [4.78, 5) is 26.7. The number of carbonyl (C=O) groups excluding carboxylic acids is 1. The van der Waals surface area contributed by atoms with Crippen LogP contribution in [0.2, 0.25) is 0 Å². The Morgan fingerprint density at radius 1 is 1.54 bits per heavy atom. The van der Waals surface area contributed by atoms with E-state index in [4.69, 9.17) is 10.3 Å². The zero-order valence-corrected chi connectivity index (χ0v) is 15.9. The number of likely N-dealkylation sites (N-methyl/N-ethyl adjacent to an activating group) is 1. The predicted molar refractivity (Wildman–Crippen MR) is 102 cm³/mol. The third-order valence-corrected chi connectivity index (χ3v) is 5.50. The van der Waals surface area contributed by atoms with Gasteiger partial charge in [-0.1, -0.05) is 13.8 Å². The van der Waals surface area contributed by atoms with Gasteiger partial charge in [-0.15, -0.1) is 0 Å². The van der Waals surface area contributed by atoms with Gasteiger partial charge in [0.1, 0.15) is 24.7 Å². The van der Waals surface area contributed by atoms with Gasteiger partial charge in [-0.2, -0.15) is 5.26 Å². The Balaban J connectivity index is 1.79. The third-order valence-electron chi connectivity index (χ3n) is 5.50. The van der Waals surface area contributed by atoms with Crippen LogP contribution in [0.15, 0.2) is 17.3 Å². The number of aromatic nitrogens is 1. The molecule has 140 valence electrons. The van der Waals surface area contributed by atoms with Crippen LogP contribution in [0.3, 0.4) is 0 Å². The molecule has 1 saturated heterocycles. The summed E-state index contributed by atoms with van der Waals surface area (Å²) in [6.45, 7) is 7.42. The van der Waals surface area contributed by atoms with Crippen LogP contribution in [-0.2, 0) is 4.79 Å². The standard InChI is InChI=1S/C19H28N6O/c1-4-10-25-13-22-18(15-6-9-21-19(15)25)23(3)16-12-24(11-7-14(16)2)17(26)5-8-20/h6,9,14,16,21H,4-5,7,10-13H2,1-3H3/t14-,16+/m1/s1. The smallest absolute Gasteiger partial charge is 0.236 e. The van der Waals surface area contributed by atoms with Crippen LogP contribution in [-0.4, -0.2) is 65.9 Å². The molecule has 7 heteroatoms. The number of nitrogens with one attached hydrogen (secondary N) is 1. The molecular weight excluding hydrogens is 328 g/mol. The zero-order chi connectivity index (χ0) is 18.7. The number of aromatic amines is 1. The van der Waals surface area contributed by atoms with Gasteiger partial charge in [0, 0.05) is 32.9 Å². The summed E-state index contributed by atoms with van der Waals surface area (Å²) < 4.78 is 0. The Morgan fingerprint density at radius 2 is 2.35 bits per heavy atom. The monoisotopic (exact) mass is 356 g/mol. The van der Waals surface area contributed by atoms with Gasteiger partial charge in [-0.25, -0.2) is 4.99 Å². The van der Waals surface area contributed by atoms with Crippen molar-refractivity contribution in [2.24, 2.45) is 10.9 Å². The summed E-state index contributed by atoms with van der Waals surface area (Å²) in [6, 6.07) is 4.25. The molecular formula is C19H28N6O. The van der Waals surface area contributed by atoms with Crippen molar-refractivity contribution in [2.45, 2.75) is 39.2 Å². The number of amidine groups is 1. The molecule has 2 aliphatic rings. The number of piperidine rings is 1. The highest BCUT2D eigenvalue weighted by Crippen LogP contribution is 2.29. The van der Waals surface area contributed by atoms with E-state index < -0.39 is 0 Å². The second kappa shape index (κ2) is 7.81. The lowest BCUT2D eigenvalue weighted by Crippen LogP contribution is -2.54. The van der Waals surface area contributed by atoms with Crippen molar-refractivity contribution < 1.29 is 4.79 Å². The third kappa shape index (κ3) is 3.41. The number of hydrogen-bond acceptors (Lipinski definition) is 5. The fourth-order valence-corrected chi connectivity index (χ4v) is 3.98. The molecule has 0 unspecified atom stereocenters. The summed E-state index contributed by atoms with van der Waals surface area (Å²) in [5, 5.41) is 8.82. The average molecular weight is 356 g/mol. The van der Waals surface area contributed by atoms with Crippen molar-refractivity contribution >= 4 is 17.6 Å². The topological polar surface area (TPSA) is 78.7 Å². The first kappa shape index (κ1) is 18.3. The van der Waals surface area contributed by atoms with Gasteiger partial charge < -0.3 is 19.7 Å². The molecule has 2 aliphatic heterocycles. The predicted octanol–water partition coefficient (Wildman–Crippen LogP) is 2.03. The van der Waals surface area contributed by atoms with Crippen LogP contribution in [0.5, 0.6) is 0 Å². The van der Waals surface area contributed by atoms with Crippen molar-refractivity contribution in [3.8, 4) is 6.07 Å². The van der Waals surface area contributed by atoms with E-state index in [0.717, 1.165) is 43.1 Å². The highest BCUT2D eigenvalue weighted by molar-refractivity contribution is 6.04. The van der Waals surface area contributed by atoms with E-state index in [9.17, 15) is 4.79 Å². The number of likely N-dealkylation sites (tertiary alicyclic amines) is 1. The number of carbonyl (C=O) groups is 1. The van der Waals surface area contributed by atoms with Crippen LogP contribution in [0.25, 0.3) is 0 Å². The van der Waals surface area contributed by atoms with E-state index >= 15 is 0 Å². The number of amides is 1. The maximum Gasteiger partial charge on any atom is 0.236 e. The van der Waals surface area contributed by atoms with Gasteiger partial charge >= 0.3 is 0 Å². The first-order valence-corrected chi connectivity index (χ1v) is 9.41. The van der Waals surface area contributed by atoms with Gasteiger partial charge in [0.2, 0.25) is 5.91 Å². The van der Waals surface area contributed by atoms with Gasteiger partial charge in [0.15, 0.2) is 0 Å². The Morgan fingerprint density at radius 3 is 3.08 bits per heavy atom. The SMILES string of the molecule is CCCN1CN=C(N(C)[C@H]2CN(C(=O)CC#N)CC[C@H]2C)c2cc[nH]c21. The van der Waals surface area contributed by atoms with Gasteiger partial charge in [-0.3, -0.25) is 4.79 Å². The van der Waals surface area contributed by atoms with Crippen LogP contribution in [0.4, 0.5) is 5.82 Å². The van der Waals surface area contributed by atoms with Crippen molar-refractivity contribution in [2.75, 3.05) is 38.3 Å². The number of fused-ring (bicyclic) bond motifs is 1. The van der Waals surface area contributed by atoms with Crippen molar-refractivity contribution in [1.82, 2.24) is 14.8 Å². The molecule has 0 aliphatic carbocycles. The molecule has 0 radical (unpaired) electrons. The zero-order valence-electron chi connectivity index (χ0n) is 15.9. The van der Waals surface area contributed by atoms with E-state index in [1.54, 1.807) is 0 Å². The Hall–Kier alpha value is -2.49. The molecule has 3 heterocycles. The molecule has 0 aromatic carbocycles. The van der Waals surface area contributed by atoms with E-state index in [-0.39, 0.29) is 18.4 Å². The normalized spacial score (nSPS) is 22.5. The molecule has 1 fully saturated rings. The molecule has 1 aromatic rings. The minimum atomic E-state index is -0.0696. The molecule has 1 N–H and O–H groups in total. The lowest BCUT2D eigenvalue weighted by molar-refractivity contribution is -0.132. The number of anilines is 1. The molecule has 7 nitrogen and oxygen atoms in total. The Labute approximate surface area is 155 Å².